The Labute approximate surface area is 49.6 Å². The highest BCUT2D eigenvalue weighted by Crippen LogP contribution is 2.02. The summed E-state index contributed by atoms with van der Waals surface area (Å²) in [5.41, 5.74) is 0. The van der Waals surface area contributed by atoms with Gasteiger partial charge < -0.3 is 4.74 Å². The third kappa shape index (κ3) is 2.89. The fourth-order valence-corrected chi connectivity index (χ4v) is 0.290. The van der Waals surface area contributed by atoms with Crippen LogP contribution in [0.25, 0.3) is 0 Å². The highest BCUT2D eigenvalue weighted by molar-refractivity contribution is 6.20. The summed E-state index contributed by atoms with van der Waals surface area (Å²) in [5.74, 6) is 0. The van der Waals surface area contributed by atoms with Crippen LogP contribution in [0.3, 0.4) is 0 Å². The van der Waals surface area contributed by atoms with Gasteiger partial charge in [-0.1, -0.05) is 0 Å². The Bertz CT molecular complexity index is 45.3. The molecule has 1 nitrogen and oxygen atoms in total. The lowest BCUT2D eigenvalue weighted by Crippen LogP contribution is -2.15. The van der Waals surface area contributed by atoms with E-state index in [-0.39, 0.29) is 11.5 Å². The summed E-state index contributed by atoms with van der Waals surface area (Å²) < 4.78 is 4.88. The maximum atomic E-state index is 5.60. The molecular weight excluding hydrogens is 112 g/mol. The quantitative estimate of drug-likeness (QED) is 0.506. The van der Waals surface area contributed by atoms with Gasteiger partial charge in [0, 0.05) is 7.11 Å². The monoisotopic (exact) mass is 122 g/mol. The molecule has 0 fully saturated rings. The van der Waals surface area contributed by atoms with Crippen LogP contribution in [0.15, 0.2) is 0 Å². The van der Waals surface area contributed by atoms with E-state index in [2.05, 4.69) is 0 Å². The second kappa shape index (κ2) is 3.28. The Kier molecular flexibility index (Phi) is 3.39. The van der Waals surface area contributed by atoms with Crippen LogP contribution in [0.5, 0.6) is 0 Å². The van der Waals surface area contributed by atoms with Gasteiger partial charge in [-0.25, -0.2) is 0 Å². The van der Waals surface area contributed by atoms with Gasteiger partial charge >= 0.3 is 0 Å². The van der Waals surface area contributed by atoms with Crippen molar-refractivity contribution in [1.82, 2.24) is 0 Å². The zero-order valence-electron chi connectivity index (χ0n) is 4.94. The molecule has 7 heavy (non-hydrogen) atoms. The minimum atomic E-state index is 0.116. The van der Waals surface area contributed by atoms with Gasteiger partial charge in [0.15, 0.2) is 0 Å². The predicted molar refractivity (Wildman–Crippen MR) is 31.8 cm³/mol. The summed E-state index contributed by atoms with van der Waals surface area (Å²) in [6, 6.07) is 0. The van der Waals surface area contributed by atoms with E-state index in [9.17, 15) is 0 Å². The Hall–Kier alpha value is 0.250. The lowest BCUT2D eigenvalue weighted by Gasteiger charge is -2.09. The average Bonchev–Trinajstić information content (AvgIpc) is 1.65. The standard InChI is InChI=1S/C5H11ClO/c1-4(6)5(2)7-3/h4-5H,1-3H3/t4?,5-/m0/s1. The number of ether oxygens (including phenoxy) is 1. The van der Waals surface area contributed by atoms with Gasteiger partial charge in [-0.15, -0.1) is 11.6 Å². The number of alkyl halides is 1. The average molecular weight is 123 g/mol. The van der Waals surface area contributed by atoms with Crippen molar-refractivity contribution in [2.45, 2.75) is 25.3 Å². The summed E-state index contributed by atoms with van der Waals surface area (Å²) in [4.78, 5) is 0. The first-order valence-electron chi connectivity index (χ1n) is 2.35. The van der Waals surface area contributed by atoms with Crippen molar-refractivity contribution >= 4 is 11.6 Å². The van der Waals surface area contributed by atoms with Crippen LogP contribution in [-0.2, 0) is 4.74 Å². The normalized spacial score (nSPS) is 18.9. The Morgan fingerprint density at radius 3 is 1.86 bits per heavy atom. The molecule has 1 unspecified atom stereocenters. The Balaban J connectivity index is 3.14. The molecule has 0 bridgehead atoms. The van der Waals surface area contributed by atoms with E-state index in [0.29, 0.717) is 0 Å². The van der Waals surface area contributed by atoms with Gasteiger partial charge in [-0.05, 0) is 13.8 Å². The van der Waals surface area contributed by atoms with Crippen LogP contribution < -0.4 is 0 Å². The second-order valence-corrected chi connectivity index (χ2v) is 2.31. The van der Waals surface area contributed by atoms with E-state index < -0.39 is 0 Å². The number of rotatable bonds is 2. The third-order valence-corrected chi connectivity index (χ3v) is 1.37. The lowest BCUT2D eigenvalue weighted by molar-refractivity contribution is 0.118. The Morgan fingerprint density at radius 1 is 1.43 bits per heavy atom. The van der Waals surface area contributed by atoms with Crippen molar-refractivity contribution in [3.05, 3.63) is 0 Å². The molecule has 0 N–H and O–H groups in total. The summed E-state index contributed by atoms with van der Waals surface area (Å²) >= 11 is 5.60. The predicted octanol–water partition coefficient (Wildman–Crippen LogP) is 1.65. The van der Waals surface area contributed by atoms with E-state index in [1.54, 1.807) is 7.11 Å². The van der Waals surface area contributed by atoms with Crippen LogP contribution in [0.4, 0.5) is 0 Å². The number of halogens is 1. The fraction of sp³-hybridized carbons (Fsp3) is 1.00. The van der Waals surface area contributed by atoms with Crippen molar-refractivity contribution in [3.8, 4) is 0 Å². The minimum absolute atomic E-state index is 0.116. The van der Waals surface area contributed by atoms with Crippen LogP contribution >= 0.6 is 11.6 Å². The van der Waals surface area contributed by atoms with Gasteiger partial charge in [-0.2, -0.15) is 0 Å². The molecule has 0 aromatic carbocycles. The fourth-order valence-electron chi connectivity index (χ4n) is 0.188. The molecule has 0 aliphatic heterocycles. The first kappa shape index (κ1) is 7.25. The smallest absolute Gasteiger partial charge is 0.0703 e. The van der Waals surface area contributed by atoms with Crippen LogP contribution in [0.2, 0.25) is 0 Å². The van der Waals surface area contributed by atoms with Crippen LogP contribution in [0, 0.1) is 0 Å². The highest BCUT2D eigenvalue weighted by atomic mass is 35.5. The lowest BCUT2D eigenvalue weighted by atomic mass is 10.3. The van der Waals surface area contributed by atoms with E-state index in [4.69, 9.17) is 16.3 Å². The largest absolute Gasteiger partial charge is 0.380 e. The van der Waals surface area contributed by atoms with Crippen molar-refractivity contribution < 1.29 is 4.74 Å². The second-order valence-electron chi connectivity index (χ2n) is 1.62. The molecule has 0 rings (SSSR count). The topological polar surface area (TPSA) is 9.23 Å². The molecule has 0 amide bonds. The Morgan fingerprint density at radius 2 is 1.86 bits per heavy atom. The summed E-state index contributed by atoms with van der Waals surface area (Å²) in [7, 11) is 1.66. The van der Waals surface area contributed by atoms with Crippen molar-refractivity contribution in [1.29, 1.82) is 0 Å². The SMILES string of the molecule is CO[C@@H](C)C(C)Cl. The van der Waals surface area contributed by atoms with Crippen molar-refractivity contribution in [2.75, 3.05) is 7.11 Å². The number of hydrogen-bond donors (Lipinski definition) is 0. The molecule has 0 aliphatic carbocycles. The van der Waals surface area contributed by atoms with Crippen LogP contribution in [-0.4, -0.2) is 18.6 Å². The molecule has 0 spiro atoms. The molecule has 44 valence electrons. The van der Waals surface area contributed by atoms with Crippen LogP contribution in [0.1, 0.15) is 13.8 Å². The number of hydrogen-bond acceptors (Lipinski definition) is 1. The molecule has 0 heterocycles. The van der Waals surface area contributed by atoms with E-state index in [0.717, 1.165) is 0 Å². The zero-order chi connectivity index (χ0) is 5.86. The molecule has 0 aromatic rings. The molecule has 0 saturated heterocycles. The molecule has 0 aliphatic rings. The van der Waals surface area contributed by atoms with E-state index in [1.165, 1.54) is 0 Å². The zero-order valence-corrected chi connectivity index (χ0v) is 5.70. The third-order valence-electron chi connectivity index (χ3n) is 1.02. The summed E-state index contributed by atoms with van der Waals surface area (Å²) in [6.45, 7) is 3.85. The minimum Gasteiger partial charge on any atom is -0.380 e. The molecule has 2 heteroatoms. The number of methoxy groups -OCH3 is 1. The summed E-state index contributed by atoms with van der Waals surface area (Å²) in [6.07, 6.45) is 0.168. The van der Waals surface area contributed by atoms with Crippen molar-refractivity contribution in [2.24, 2.45) is 0 Å². The van der Waals surface area contributed by atoms with Gasteiger partial charge in [0.25, 0.3) is 0 Å². The first-order valence-corrected chi connectivity index (χ1v) is 2.79. The van der Waals surface area contributed by atoms with Gasteiger partial charge in [0.05, 0.1) is 11.5 Å². The summed E-state index contributed by atoms with van der Waals surface area (Å²) in [5, 5.41) is 0.116. The highest BCUT2D eigenvalue weighted by Gasteiger charge is 2.04. The van der Waals surface area contributed by atoms with E-state index in [1.807, 2.05) is 13.8 Å². The van der Waals surface area contributed by atoms with Gasteiger partial charge in [0.2, 0.25) is 0 Å². The maximum absolute atomic E-state index is 5.60. The molecule has 0 saturated carbocycles. The molecule has 2 atom stereocenters. The van der Waals surface area contributed by atoms with E-state index >= 15 is 0 Å². The molecular formula is C5H11ClO. The van der Waals surface area contributed by atoms with Gasteiger partial charge in [0.1, 0.15) is 0 Å². The van der Waals surface area contributed by atoms with Gasteiger partial charge in [-0.3, -0.25) is 0 Å². The van der Waals surface area contributed by atoms with Crippen molar-refractivity contribution in [3.63, 3.8) is 0 Å². The molecule has 0 radical (unpaired) electrons. The maximum Gasteiger partial charge on any atom is 0.0703 e. The molecule has 0 aromatic heterocycles. The first-order chi connectivity index (χ1) is 3.18.